The number of hydrogen-bond acceptors (Lipinski definition) is 3. The average molecular weight is 226 g/mol. The van der Waals surface area contributed by atoms with E-state index in [0.717, 1.165) is 5.82 Å². The van der Waals surface area contributed by atoms with E-state index in [1.54, 1.807) is 18.3 Å². The molecular formula is C10H12ClN3O. The maximum atomic E-state index is 9.32. The van der Waals surface area contributed by atoms with Crippen LogP contribution in [-0.2, 0) is 6.42 Å². The Morgan fingerprint density at radius 2 is 2.40 bits per heavy atom. The maximum Gasteiger partial charge on any atom is 0.155 e. The van der Waals surface area contributed by atoms with E-state index in [4.69, 9.17) is 17.3 Å². The Morgan fingerprint density at radius 1 is 1.67 bits per heavy atom. The van der Waals surface area contributed by atoms with E-state index in [1.807, 2.05) is 11.3 Å². The molecule has 2 aromatic rings. The van der Waals surface area contributed by atoms with Crippen LogP contribution in [0.2, 0.25) is 5.15 Å². The molecule has 15 heavy (non-hydrogen) atoms. The minimum absolute atomic E-state index is 0.0282. The van der Waals surface area contributed by atoms with Gasteiger partial charge in [-0.3, -0.25) is 0 Å². The molecule has 1 atom stereocenters. The molecule has 5 heteroatoms. The second kappa shape index (κ2) is 3.72. The molecule has 0 spiro atoms. The SMILES string of the molecule is CC(N)Cc1nc(Cl)c2cc(O)ccn12. The summed E-state index contributed by atoms with van der Waals surface area (Å²) in [7, 11) is 0. The summed E-state index contributed by atoms with van der Waals surface area (Å²) in [5, 5.41) is 9.71. The fourth-order valence-corrected chi connectivity index (χ4v) is 1.77. The lowest BCUT2D eigenvalue weighted by atomic mass is 10.2. The summed E-state index contributed by atoms with van der Waals surface area (Å²) in [5.41, 5.74) is 6.41. The molecule has 0 aromatic carbocycles. The normalized spacial score (nSPS) is 13.3. The Kier molecular flexibility index (Phi) is 2.54. The fourth-order valence-electron chi connectivity index (χ4n) is 1.53. The van der Waals surface area contributed by atoms with Crippen molar-refractivity contribution >= 4 is 17.1 Å². The number of fused-ring (bicyclic) bond motifs is 1. The second-order valence-electron chi connectivity index (χ2n) is 3.64. The lowest BCUT2D eigenvalue weighted by Gasteiger charge is -2.03. The fraction of sp³-hybridized carbons (Fsp3) is 0.300. The number of rotatable bonds is 2. The number of nitrogens with zero attached hydrogens (tertiary/aromatic N) is 2. The van der Waals surface area contributed by atoms with Gasteiger partial charge in [-0.05, 0) is 13.0 Å². The van der Waals surface area contributed by atoms with Crippen molar-refractivity contribution in [1.82, 2.24) is 9.38 Å². The lowest BCUT2D eigenvalue weighted by Crippen LogP contribution is -2.19. The third-order valence-electron chi connectivity index (χ3n) is 2.16. The van der Waals surface area contributed by atoms with Crippen molar-refractivity contribution < 1.29 is 5.11 Å². The van der Waals surface area contributed by atoms with E-state index >= 15 is 0 Å². The van der Waals surface area contributed by atoms with Crippen molar-refractivity contribution in [3.63, 3.8) is 0 Å². The molecule has 2 rings (SSSR count). The van der Waals surface area contributed by atoms with Gasteiger partial charge in [-0.15, -0.1) is 0 Å². The number of aromatic hydroxyl groups is 1. The van der Waals surface area contributed by atoms with Gasteiger partial charge >= 0.3 is 0 Å². The molecule has 2 aromatic heterocycles. The average Bonchev–Trinajstić information content (AvgIpc) is 2.42. The molecular weight excluding hydrogens is 214 g/mol. The number of halogens is 1. The molecule has 0 radical (unpaired) electrons. The predicted molar refractivity (Wildman–Crippen MR) is 59.2 cm³/mol. The summed E-state index contributed by atoms with van der Waals surface area (Å²) in [6.07, 6.45) is 2.39. The lowest BCUT2D eigenvalue weighted by molar-refractivity contribution is 0.475. The quantitative estimate of drug-likeness (QED) is 0.816. The third kappa shape index (κ3) is 1.91. The van der Waals surface area contributed by atoms with Gasteiger partial charge < -0.3 is 15.2 Å². The largest absolute Gasteiger partial charge is 0.508 e. The van der Waals surface area contributed by atoms with Gasteiger partial charge in [-0.25, -0.2) is 4.98 Å². The highest BCUT2D eigenvalue weighted by atomic mass is 35.5. The Labute approximate surface area is 92.3 Å². The number of pyridine rings is 1. The Morgan fingerprint density at radius 3 is 3.07 bits per heavy atom. The van der Waals surface area contributed by atoms with E-state index in [1.165, 1.54) is 0 Å². The maximum absolute atomic E-state index is 9.32. The van der Waals surface area contributed by atoms with Gasteiger partial charge in [0.05, 0.1) is 5.52 Å². The van der Waals surface area contributed by atoms with Crippen LogP contribution in [0.5, 0.6) is 5.75 Å². The van der Waals surface area contributed by atoms with Gasteiger partial charge in [0.25, 0.3) is 0 Å². The van der Waals surface area contributed by atoms with Gasteiger partial charge in [-0.2, -0.15) is 0 Å². The first kappa shape index (κ1) is 10.3. The van der Waals surface area contributed by atoms with Crippen LogP contribution in [0.25, 0.3) is 5.52 Å². The molecule has 0 saturated heterocycles. The van der Waals surface area contributed by atoms with Crippen molar-refractivity contribution in [3.8, 4) is 5.75 Å². The zero-order chi connectivity index (χ0) is 11.0. The molecule has 4 nitrogen and oxygen atoms in total. The first-order valence-corrected chi connectivity index (χ1v) is 5.07. The van der Waals surface area contributed by atoms with Crippen molar-refractivity contribution in [2.45, 2.75) is 19.4 Å². The molecule has 80 valence electrons. The number of imidazole rings is 1. The van der Waals surface area contributed by atoms with Crippen LogP contribution in [-0.4, -0.2) is 20.5 Å². The molecule has 0 aliphatic carbocycles. The molecule has 2 heterocycles. The smallest absolute Gasteiger partial charge is 0.155 e. The van der Waals surface area contributed by atoms with Crippen molar-refractivity contribution in [1.29, 1.82) is 0 Å². The van der Waals surface area contributed by atoms with Crippen LogP contribution in [0.4, 0.5) is 0 Å². The van der Waals surface area contributed by atoms with E-state index in [0.29, 0.717) is 17.1 Å². The molecule has 0 aliphatic heterocycles. The first-order chi connectivity index (χ1) is 7.08. The van der Waals surface area contributed by atoms with Gasteiger partial charge in [0.1, 0.15) is 11.6 Å². The number of hydrogen-bond donors (Lipinski definition) is 2. The summed E-state index contributed by atoms with van der Waals surface area (Å²) < 4.78 is 1.84. The second-order valence-corrected chi connectivity index (χ2v) is 4.00. The molecule has 0 aliphatic rings. The van der Waals surface area contributed by atoms with E-state index in [9.17, 15) is 5.11 Å². The topological polar surface area (TPSA) is 63.5 Å². The zero-order valence-corrected chi connectivity index (χ0v) is 9.07. The molecule has 0 amide bonds. The predicted octanol–water partition coefficient (Wildman–Crippen LogP) is 1.58. The highest BCUT2D eigenvalue weighted by molar-refractivity contribution is 6.32. The van der Waals surface area contributed by atoms with E-state index in [2.05, 4.69) is 4.98 Å². The summed E-state index contributed by atoms with van der Waals surface area (Å²) in [6.45, 7) is 1.91. The molecule has 0 fully saturated rings. The Hall–Kier alpha value is -1.26. The van der Waals surface area contributed by atoms with Crippen molar-refractivity contribution in [3.05, 3.63) is 29.3 Å². The molecule has 0 bridgehead atoms. The minimum Gasteiger partial charge on any atom is -0.508 e. The highest BCUT2D eigenvalue weighted by Crippen LogP contribution is 2.22. The van der Waals surface area contributed by atoms with Crippen LogP contribution in [0.1, 0.15) is 12.7 Å². The van der Waals surface area contributed by atoms with Gasteiger partial charge in [-0.1, -0.05) is 11.6 Å². The van der Waals surface area contributed by atoms with Gasteiger partial charge in [0, 0.05) is 24.7 Å². The van der Waals surface area contributed by atoms with E-state index in [-0.39, 0.29) is 11.8 Å². The van der Waals surface area contributed by atoms with Gasteiger partial charge in [0.15, 0.2) is 5.15 Å². The number of aromatic nitrogens is 2. The Balaban J connectivity index is 2.57. The van der Waals surface area contributed by atoms with Crippen molar-refractivity contribution in [2.24, 2.45) is 5.73 Å². The first-order valence-electron chi connectivity index (χ1n) is 4.69. The third-order valence-corrected chi connectivity index (χ3v) is 2.44. The molecule has 1 unspecified atom stereocenters. The van der Waals surface area contributed by atoms with E-state index < -0.39 is 0 Å². The van der Waals surface area contributed by atoms with Crippen LogP contribution in [0.3, 0.4) is 0 Å². The molecule has 0 saturated carbocycles. The summed E-state index contributed by atoms with van der Waals surface area (Å²) >= 11 is 5.95. The molecule has 3 N–H and O–H groups in total. The standard InChI is InChI=1S/C10H12ClN3O/c1-6(12)4-9-13-10(11)8-5-7(15)2-3-14(8)9/h2-3,5-6,15H,4,12H2,1H3. The Bertz CT molecular complexity index is 493. The summed E-state index contributed by atoms with van der Waals surface area (Å²) in [6, 6.07) is 3.20. The summed E-state index contributed by atoms with van der Waals surface area (Å²) in [4.78, 5) is 4.21. The van der Waals surface area contributed by atoms with Crippen LogP contribution < -0.4 is 5.73 Å². The van der Waals surface area contributed by atoms with Gasteiger partial charge in [0.2, 0.25) is 0 Å². The minimum atomic E-state index is 0.0282. The van der Waals surface area contributed by atoms with Crippen LogP contribution in [0, 0.1) is 0 Å². The van der Waals surface area contributed by atoms with Crippen LogP contribution in [0.15, 0.2) is 18.3 Å². The highest BCUT2D eigenvalue weighted by Gasteiger charge is 2.10. The van der Waals surface area contributed by atoms with Crippen molar-refractivity contribution in [2.75, 3.05) is 0 Å². The summed E-state index contributed by atoms with van der Waals surface area (Å²) in [5.74, 6) is 0.988. The zero-order valence-electron chi connectivity index (χ0n) is 8.31. The van der Waals surface area contributed by atoms with Crippen LogP contribution >= 0.6 is 11.6 Å². The number of nitrogens with two attached hydrogens (primary N) is 1. The monoisotopic (exact) mass is 225 g/mol.